The van der Waals surface area contributed by atoms with Crippen molar-refractivity contribution in [3.63, 3.8) is 0 Å². The first kappa shape index (κ1) is 17.6. The first-order valence-corrected chi connectivity index (χ1v) is 7.91. The van der Waals surface area contributed by atoms with Crippen LogP contribution in [-0.4, -0.2) is 34.1 Å². The van der Waals surface area contributed by atoms with E-state index in [0.717, 1.165) is 11.6 Å². The number of nitro benzene ring substituents is 1. The molecule has 0 aliphatic carbocycles. The third-order valence-corrected chi connectivity index (χ3v) is 4.09. The van der Waals surface area contributed by atoms with Crippen LogP contribution in [0.2, 0.25) is 5.02 Å². The number of benzene rings is 2. The predicted molar refractivity (Wildman–Crippen MR) is 91.8 cm³/mol. The number of carbonyl (C=O) groups is 3. The molecule has 1 N–H and O–H groups in total. The molecule has 8 nitrogen and oxygen atoms in total. The fourth-order valence-electron chi connectivity index (χ4n) is 2.66. The summed E-state index contributed by atoms with van der Waals surface area (Å²) in [7, 11) is 0. The minimum absolute atomic E-state index is 0.0770. The number of rotatable bonds is 5. The van der Waals surface area contributed by atoms with E-state index in [2.05, 4.69) is 5.32 Å². The van der Waals surface area contributed by atoms with Crippen LogP contribution in [0, 0.1) is 10.1 Å². The number of nitrogens with one attached hydrogen (secondary N) is 1. The Bertz CT molecular complexity index is 944. The quantitative estimate of drug-likeness (QED) is 0.490. The van der Waals surface area contributed by atoms with E-state index in [-0.39, 0.29) is 17.7 Å². The maximum atomic E-state index is 12.4. The van der Waals surface area contributed by atoms with E-state index >= 15 is 0 Å². The van der Waals surface area contributed by atoms with Crippen molar-refractivity contribution in [2.24, 2.45) is 0 Å². The van der Waals surface area contributed by atoms with Crippen LogP contribution >= 0.6 is 11.6 Å². The van der Waals surface area contributed by atoms with Gasteiger partial charge in [0.1, 0.15) is 12.1 Å². The number of hydrogen-bond donors (Lipinski definition) is 1. The smallest absolute Gasteiger partial charge is 0.282 e. The van der Waals surface area contributed by atoms with Gasteiger partial charge in [-0.15, -0.1) is 0 Å². The summed E-state index contributed by atoms with van der Waals surface area (Å²) in [5, 5.41) is 14.2. The third-order valence-electron chi connectivity index (χ3n) is 3.85. The molecule has 0 unspecified atom stereocenters. The molecule has 0 radical (unpaired) electrons. The number of nitrogens with zero attached hydrogens (tertiary/aromatic N) is 2. The van der Waals surface area contributed by atoms with Crippen LogP contribution in [0.4, 0.5) is 5.69 Å². The molecule has 3 rings (SSSR count). The van der Waals surface area contributed by atoms with Gasteiger partial charge in [-0.05, 0) is 23.8 Å². The molecular formula is C17H12ClN3O5. The maximum absolute atomic E-state index is 12.4. The number of amides is 3. The van der Waals surface area contributed by atoms with E-state index in [4.69, 9.17) is 11.6 Å². The molecule has 26 heavy (non-hydrogen) atoms. The number of halogens is 1. The third kappa shape index (κ3) is 3.27. The number of fused-ring (bicyclic) bond motifs is 1. The molecule has 1 heterocycles. The van der Waals surface area contributed by atoms with E-state index in [1.807, 2.05) is 0 Å². The van der Waals surface area contributed by atoms with Gasteiger partial charge in [-0.2, -0.15) is 0 Å². The van der Waals surface area contributed by atoms with Crippen LogP contribution in [0.1, 0.15) is 26.3 Å². The van der Waals surface area contributed by atoms with Crippen molar-refractivity contribution >= 4 is 35.0 Å². The molecule has 1 aliphatic rings. The maximum Gasteiger partial charge on any atom is 0.282 e. The number of carbonyl (C=O) groups excluding carboxylic acids is 3. The first-order valence-electron chi connectivity index (χ1n) is 7.53. The summed E-state index contributed by atoms with van der Waals surface area (Å²) in [6.45, 7) is -0.354. The second kappa shape index (κ2) is 6.93. The zero-order chi connectivity index (χ0) is 18.8. The normalized spacial score (nSPS) is 12.9. The van der Waals surface area contributed by atoms with Crippen LogP contribution in [-0.2, 0) is 11.3 Å². The zero-order valence-electron chi connectivity index (χ0n) is 13.3. The van der Waals surface area contributed by atoms with Crippen LogP contribution < -0.4 is 5.32 Å². The highest BCUT2D eigenvalue weighted by atomic mass is 35.5. The molecule has 0 saturated heterocycles. The van der Waals surface area contributed by atoms with Crippen molar-refractivity contribution in [3.05, 3.63) is 74.3 Å². The van der Waals surface area contributed by atoms with Crippen LogP contribution in [0.3, 0.4) is 0 Å². The molecule has 0 aromatic heterocycles. The molecule has 2 aromatic rings. The van der Waals surface area contributed by atoms with Crippen molar-refractivity contribution < 1.29 is 19.3 Å². The summed E-state index contributed by atoms with van der Waals surface area (Å²) < 4.78 is 0. The van der Waals surface area contributed by atoms with Gasteiger partial charge in [-0.3, -0.25) is 29.4 Å². The molecular weight excluding hydrogens is 362 g/mol. The van der Waals surface area contributed by atoms with E-state index in [0.29, 0.717) is 9.92 Å². The fourth-order valence-corrected chi connectivity index (χ4v) is 2.87. The summed E-state index contributed by atoms with van der Waals surface area (Å²) in [6.07, 6.45) is 0. The van der Waals surface area contributed by atoms with Crippen LogP contribution in [0.15, 0.2) is 42.5 Å². The second-order valence-corrected chi connectivity index (χ2v) is 6.00. The number of nitro groups is 1. The highest BCUT2D eigenvalue weighted by Gasteiger charge is 2.41. The summed E-state index contributed by atoms with van der Waals surface area (Å²) in [5.74, 6) is -2.15. The van der Waals surface area contributed by atoms with Gasteiger partial charge in [-0.1, -0.05) is 29.8 Å². The fraction of sp³-hybridized carbons (Fsp3) is 0.118. The largest absolute Gasteiger partial charge is 0.350 e. The van der Waals surface area contributed by atoms with Gasteiger partial charge in [0.2, 0.25) is 5.91 Å². The minimum Gasteiger partial charge on any atom is -0.350 e. The summed E-state index contributed by atoms with van der Waals surface area (Å²) in [6, 6.07) is 10.7. The molecule has 3 amide bonds. The van der Waals surface area contributed by atoms with Gasteiger partial charge in [0.05, 0.1) is 10.5 Å². The van der Waals surface area contributed by atoms with Crippen molar-refractivity contribution in [3.8, 4) is 0 Å². The van der Waals surface area contributed by atoms with Crippen molar-refractivity contribution in [1.82, 2.24) is 10.2 Å². The van der Waals surface area contributed by atoms with E-state index in [1.54, 1.807) is 24.3 Å². The Kier molecular flexibility index (Phi) is 4.68. The van der Waals surface area contributed by atoms with Crippen molar-refractivity contribution in [1.29, 1.82) is 0 Å². The van der Waals surface area contributed by atoms with Gasteiger partial charge in [0, 0.05) is 17.6 Å². The molecule has 0 spiro atoms. The Hall–Kier alpha value is -3.26. The molecule has 9 heteroatoms. The van der Waals surface area contributed by atoms with E-state index in [9.17, 15) is 24.5 Å². The second-order valence-electron chi connectivity index (χ2n) is 5.56. The summed E-state index contributed by atoms with van der Waals surface area (Å²) >= 11 is 5.86. The van der Waals surface area contributed by atoms with Gasteiger partial charge >= 0.3 is 0 Å². The van der Waals surface area contributed by atoms with Gasteiger partial charge in [-0.25, -0.2) is 0 Å². The Morgan fingerprint density at radius 1 is 1.15 bits per heavy atom. The Morgan fingerprint density at radius 2 is 1.88 bits per heavy atom. The standard InChI is InChI=1S/C17H12ClN3O5/c18-11-4-1-3-10(7-11)8-19-14(22)9-20-16(23)12-5-2-6-13(21(25)26)15(12)17(20)24/h1-7H,8-9H2,(H,19,22). The lowest BCUT2D eigenvalue weighted by molar-refractivity contribution is -0.385. The Morgan fingerprint density at radius 3 is 2.58 bits per heavy atom. The monoisotopic (exact) mass is 373 g/mol. The summed E-state index contributed by atoms with van der Waals surface area (Å²) in [4.78, 5) is 47.8. The highest BCUT2D eigenvalue weighted by Crippen LogP contribution is 2.30. The average molecular weight is 374 g/mol. The van der Waals surface area contributed by atoms with E-state index in [1.165, 1.54) is 12.1 Å². The van der Waals surface area contributed by atoms with Gasteiger partial charge in [0.25, 0.3) is 17.5 Å². The Balaban J connectivity index is 1.72. The molecule has 132 valence electrons. The van der Waals surface area contributed by atoms with Gasteiger partial charge < -0.3 is 5.32 Å². The molecule has 0 bridgehead atoms. The first-order chi connectivity index (χ1) is 12.4. The SMILES string of the molecule is O=C(CN1C(=O)c2cccc([N+](=O)[O-])c2C1=O)NCc1cccc(Cl)c1. The van der Waals surface area contributed by atoms with Crippen molar-refractivity contribution in [2.75, 3.05) is 6.54 Å². The van der Waals surface area contributed by atoms with Crippen molar-refractivity contribution in [2.45, 2.75) is 6.54 Å². The summed E-state index contributed by atoms with van der Waals surface area (Å²) in [5.41, 5.74) is -0.0662. The molecule has 0 atom stereocenters. The Labute approximate surface area is 152 Å². The van der Waals surface area contributed by atoms with Crippen LogP contribution in [0.25, 0.3) is 0 Å². The predicted octanol–water partition coefficient (Wildman–Crippen LogP) is 2.16. The zero-order valence-corrected chi connectivity index (χ0v) is 14.0. The topological polar surface area (TPSA) is 110 Å². The van der Waals surface area contributed by atoms with E-state index < -0.39 is 34.9 Å². The number of hydrogen-bond acceptors (Lipinski definition) is 5. The molecule has 0 saturated carbocycles. The lowest BCUT2D eigenvalue weighted by Gasteiger charge is -2.13. The number of imide groups is 1. The van der Waals surface area contributed by atoms with Crippen LogP contribution in [0.5, 0.6) is 0 Å². The molecule has 1 aliphatic heterocycles. The van der Waals surface area contributed by atoms with Gasteiger partial charge in [0.15, 0.2) is 0 Å². The lowest BCUT2D eigenvalue weighted by Crippen LogP contribution is -2.40. The lowest BCUT2D eigenvalue weighted by atomic mass is 10.1. The minimum atomic E-state index is -0.852. The average Bonchev–Trinajstić information content (AvgIpc) is 2.85. The highest BCUT2D eigenvalue weighted by molar-refractivity contribution is 6.30. The molecule has 2 aromatic carbocycles. The molecule has 0 fully saturated rings.